The van der Waals surface area contributed by atoms with E-state index in [-0.39, 0.29) is 16.7 Å². The Morgan fingerprint density at radius 1 is 1.17 bits per heavy atom. The number of halogens is 1. The molecule has 0 spiro atoms. The molecule has 2 aliphatic heterocycles. The lowest BCUT2D eigenvalue weighted by molar-refractivity contribution is -0.169. The number of Topliss-reactive ketones (excluding diaryl/α,β-unsaturated/α-hetero) is 1. The summed E-state index contributed by atoms with van der Waals surface area (Å²) in [5, 5.41) is 5.29. The predicted molar refractivity (Wildman–Crippen MR) is 131 cm³/mol. The lowest BCUT2D eigenvalue weighted by atomic mass is 10.0. The number of β-lactam (4-membered cyclic amide) rings is 1. The van der Waals surface area contributed by atoms with Crippen LogP contribution in [-0.2, 0) is 43.0 Å². The summed E-state index contributed by atoms with van der Waals surface area (Å²) in [4.78, 5) is 67.8. The van der Waals surface area contributed by atoms with Gasteiger partial charge in [-0.3, -0.25) is 19.3 Å². The van der Waals surface area contributed by atoms with Crippen LogP contribution < -0.4 is 5.32 Å². The SMILES string of the molecule is COCC1=C(C(=O)OC(C)OC(=O)OC(C)C)N2C(=O)C(NC(=O)/C(=N\OC)C(=O)CI)[C@H]2SC1. The molecule has 2 rings (SSSR count). The van der Waals surface area contributed by atoms with Gasteiger partial charge in [0.05, 0.1) is 17.1 Å². The minimum Gasteiger partial charge on any atom is -0.431 e. The third-order valence-corrected chi connectivity index (χ3v) is 6.53. The van der Waals surface area contributed by atoms with E-state index in [2.05, 4.69) is 15.3 Å². The summed E-state index contributed by atoms with van der Waals surface area (Å²) in [6, 6.07) is -1.02. The smallest absolute Gasteiger partial charge is 0.431 e. The van der Waals surface area contributed by atoms with Crippen LogP contribution in [-0.4, -0.2) is 95.2 Å². The third-order valence-electron chi connectivity index (χ3n) is 4.50. The molecule has 2 heterocycles. The lowest BCUT2D eigenvalue weighted by Gasteiger charge is -2.49. The second-order valence-corrected chi connectivity index (χ2v) is 9.30. The first-order valence-corrected chi connectivity index (χ1v) is 12.9. The summed E-state index contributed by atoms with van der Waals surface area (Å²) in [6.45, 7) is 4.63. The zero-order valence-electron chi connectivity index (χ0n) is 19.7. The van der Waals surface area contributed by atoms with Gasteiger partial charge in [0.25, 0.3) is 11.8 Å². The highest BCUT2D eigenvalue weighted by Crippen LogP contribution is 2.40. The molecule has 15 heteroatoms. The van der Waals surface area contributed by atoms with Gasteiger partial charge in [-0.25, -0.2) is 9.59 Å². The molecular weight excluding hydrogens is 601 g/mol. The van der Waals surface area contributed by atoms with Gasteiger partial charge in [-0.1, -0.05) is 27.7 Å². The molecule has 1 saturated heterocycles. The van der Waals surface area contributed by atoms with Crippen molar-refractivity contribution >= 4 is 69.8 Å². The van der Waals surface area contributed by atoms with Gasteiger partial charge in [0, 0.05) is 19.8 Å². The van der Waals surface area contributed by atoms with Crippen LogP contribution in [0.3, 0.4) is 0 Å². The molecule has 2 unspecified atom stereocenters. The maximum Gasteiger partial charge on any atom is 0.511 e. The Balaban J connectivity index is 2.17. The number of ketones is 1. The van der Waals surface area contributed by atoms with Crippen molar-refractivity contribution in [3.05, 3.63) is 11.3 Å². The van der Waals surface area contributed by atoms with Gasteiger partial charge >= 0.3 is 12.1 Å². The van der Waals surface area contributed by atoms with Gasteiger partial charge in [0.2, 0.25) is 12.0 Å². The van der Waals surface area contributed by atoms with Crippen LogP contribution in [0.5, 0.6) is 0 Å². The predicted octanol–water partition coefficient (Wildman–Crippen LogP) is 0.744. The number of amides is 2. The molecule has 0 aliphatic carbocycles. The number of oxime groups is 1. The van der Waals surface area contributed by atoms with E-state index in [1.807, 2.05) is 0 Å². The Bertz CT molecular complexity index is 938. The van der Waals surface area contributed by atoms with E-state index in [1.54, 1.807) is 36.4 Å². The molecular formula is C20H26IN3O10S. The van der Waals surface area contributed by atoms with Gasteiger partial charge in [-0.2, -0.15) is 0 Å². The van der Waals surface area contributed by atoms with Gasteiger partial charge in [0.1, 0.15) is 24.2 Å². The Morgan fingerprint density at radius 3 is 2.43 bits per heavy atom. The molecule has 0 aromatic heterocycles. The van der Waals surface area contributed by atoms with Crippen LogP contribution >= 0.6 is 34.4 Å². The summed E-state index contributed by atoms with van der Waals surface area (Å²) in [7, 11) is 2.62. The number of fused-ring (bicyclic) bond motifs is 1. The number of esters is 1. The second kappa shape index (κ2) is 13.1. The van der Waals surface area contributed by atoms with Crippen molar-refractivity contribution in [2.24, 2.45) is 5.16 Å². The lowest BCUT2D eigenvalue weighted by Crippen LogP contribution is -2.71. The quantitative estimate of drug-likeness (QED) is 0.0504. The van der Waals surface area contributed by atoms with Crippen molar-refractivity contribution in [2.75, 3.05) is 31.0 Å². The number of hydrogen-bond donors (Lipinski definition) is 1. The summed E-state index contributed by atoms with van der Waals surface area (Å²) in [6.07, 6.45) is -2.73. The molecule has 0 saturated carbocycles. The van der Waals surface area contributed by atoms with Crippen molar-refractivity contribution in [3.8, 4) is 0 Å². The Hall–Kier alpha value is -2.40. The molecule has 13 nitrogen and oxygen atoms in total. The molecule has 1 fully saturated rings. The highest BCUT2D eigenvalue weighted by atomic mass is 127. The van der Waals surface area contributed by atoms with Crippen molar-refractivity contribution < 1.29 is 47.8 Å². The molecule has 35 heavy (non-hydrogen) atoms. The Morgan fingerprint density at radius 2 is 1.86 bits per heavy atom. The molecule has 2 aliphatic rings. The van der Waals surface area contributed by atoms with E-state index in [4.69, 9.17) is 18.9 Å². The molecule has 0 radical (unpaired) electrons. The van der Waals surface area contributed by atoms with Crippen molar-refractivity contribution in [1.82, 2.24) is 10.2 Å². The highest BCUT2D eigenvalue weighted by molar-refractivity contribution is 14.1. The number of carbonyl (C=O) groups excluding carboxylic acids is 5. The van der Waals surface area contributed by atoms with Crippen molar-refractivity contribution in [3.63, 3.8) is 0 Å². The maximum absolute atomic E-state index is 13.0. The number of rotatable bonds is 11. The monoisotopic (exact) mass is 627 g/mol. The zero-order valence-corrected chi connectivity index (χ0v) is 22.7. The standard InChI is InChI=1S/C20H26IN3O10S/c1-9(2)32-20(29)34-10(3)33-19(28)15-11(7-30-4)8-35-18-14(17(27)24(15)18)22-16(26)13(23-31-5)12(25)6-21/h9-10,14,18H,6-8H2,1-5H3,(H,22,26)/b23-13-/t10?,14?,18-/m1/s1. The normalized spacial score (nSPS) is 20.5. The fraction of sp³-hybridized carbons (Fsp3) is 0.600. The van der Waals surface area contributed by atoms with Gasteiger partial charge < -0.3 is 29.1 Å². The maximum atomic E-state index is 13.0. The Labute approximate surface area is 219 Å². The molecule has 2 amide bonds. The number of methoxy groups -OCH3 is 1. The number of nitrogens with zero attached hydrogens (tertiary/aromatic N) is 2. The molecule has 0 aromatic carbocycles. The van der Waals surface area contributed by atoms with Gasteiger partial charge in [0.15, 0.2) is 5.78 Å². The third kappa shape index (κ3) is 7.07. The topological polar surface area (TPSA) is 159 Å². The number of carbonyl (C=O) groups is 5. The molecule has 0 aromatic rings. The zero-order chi connectivity index (χ0) is 26.3. The summed E-state index contributed by atoms with van der Waals surface area (Å²) >= 11 is 3.07. The fourth-order valence-electron chi connectivity index (χ4n) is 3.13. The van der Waals surface area contributed by atoms with E-state index in [0.29, 0.717) is 11.3 Å². The first kappa shape index (κ1) is 28.8. The number of alkyl halides is 1. The van der Waals surface area contributed by atoms with E-state index in [9.17, 15) is 24.0 Å². The summed E-state index contributed by atoms with van der Waals surface area (Å²) in [5.41, 5.74) is -0.0491. The average molecular weight is 627 g/mol. The van der Waals surface area contributed by atoms with Gasteiger partial charge in [-0.15, -0.1) is 11.8 Å². The van der Waals surface area contributed by atoms with E-state index >= 15 is 0 Å². The van der Waals surface area contributed by atoms with Gasteiger partial charge in [-0.05, 0) is 19.4 Å². The van der Waals surface area contributed by atoms with Crippen LogP contribution in [0.15, 0.2) is 16.4 Å². The average Bonchev–Trinajstić information content (AvgIpc) is 2.79. The molecule has 3 atom stereocenters. The molecule has 194 valence electrons. The number of ether oxygens (including phenoxy) is 4. The number of hydrogen-bond acceptors (Lipinski definition) is 12. The number of thioether (sulfide) groups is 1. The first-order chi connectivity index (χ1) is 16.5. The van der Waals surface area contributed by atoms with Crippen LogP contribution in [0.25, 0.3) is 0 Å². The van der Waals surface area contributed by atoms with Crippen molar-refractivity contribution in [1.29, 1.82) is 0 Å². The Kier molecular flexibility index (Phi) is 10.8. The largest absolute Gasteiger partial charge is 0.511 e. The molecule has 0 bridgehead atoms. The van der Waals surface area contributed by atoms with E-state index < -0.39 is 59.2 Å². The van der Waals surface area contributed by atoms with E-state index in [1.165, 1.54) is 37.8 Å². The highest BCUT2D eigenvalue weighted by Gasteiger charge is 2.55. The van der Waals surface area contributed by atoms with Crippen LogP contribution in [0.2, 0.25) is 0 Å². The van der Waals surface area contributed by atoms with Crippen LogP contribution in [0.1, 0.15) is 20.8 Å². The first-order valence-electron chi connectivity index (χ1n) is 10.3. The minimum atomic E-state index is -1.29. The second-order valence-electron chi connectivity index (χ2n) is 7.43. The molecule has 1 N–H and O–H groups in total. The fourth-order valence-corrected chi connectivity index (χ4v) is 4.82. The van der Waals surface area contributed by atoms with Crippen LogP contribution in [0.4, 0.5) is 4.79 Å². The minimum absolute atomic E-state index is 0.0135. The van der Waals surface area contributed by atoms with Crippen molar-refractivity contribution in [2.45, 2.75) is 44.6 Å². The summed E-state index contributed by atoms with van der Waals surface area (Å²) in [5.74, 6) is -2.64. The van der Waals surface area contributed by atoms with E-state index in [0.717, 1.165) is 0 Å². The summed E-state index contributed by atoms with van der Waals surface area (Å²) < 4.78 is 20.1. The number of nitrogens with one attached hydrogen (secondary N) is 1. The van der Waals surface area contributed by atoms with Crippen LogP contribution in [0, 0.1) is 0 Å².